The molecule has 2 aromatic rings. The third-order valence-electron chi connectivity index (χ3n) is 3.20. The van der Waals surface area contributed by atoms with Gasteiger partial charge in [0.2, 0.25) is 0 Å². The van der Waals surface area contributed by atoms with Gasteiger partial charge < -0.3 is 16.0 Å². The van der Waals surface area contributed by atoms with Gasteiger partial charge in [0.15, 0.2) is 0 Å². The second-order valence-electron chi connectivity index (χ2n) is 4.48. The van der Waals surface area contributed by atoms with Crippen molar-refractivity contribution in [2.75, 3.05) is 37.2 Å². The fraction of sp³-hybridized carbons (Fsp3) is 0.538. The van der Waals surface area contributed by atoms with Crippen molar-refractivity contribution in [3.05, 3.63) is 10.4 Å². The van der Waals surface area contributed by atoms with Gasteiger partial charge in [-0.1, -0.05) is 13.8 Å². The van der Waals surface area contributed by atoms with Crippen LogP contribution in [0.5, 0.6) is 0 Å². The van der Waals surface area contributed by atoms with Crippen molar-refractivity contribution < 1.29 is 0 Å². The van der Waals surface area contributed by atoms with Crippen LogP contribution in [0.2, 0.25) is 0 Å². The topological polar surface area (TPSA) is 67.1 Å². The number of anilines is 2. The first-order valence-corrected chi connectivity index (χ1v) is 8.44. The molecule has 0 amide bonds. The van der Waals surface area contributed by atoms with E-state index in [1.165, 1.54) is 11.5 Å². The molecule has 0 saturated carbocycles. The number of aryl methyl sites for hydroxylation is 1. The lowest BCUT2D eigenvalue weighted by molar-refractivity contribution is 0.316. The van der Waals surface area contributed by atoms with Crippen LogP contribution in [0.1, 0.15) is 18.9 Å². The van der Waals surface area contributed by atoms with Gasteiger partial charge in [0.05, 0.1) is 16.3 Å². The number of rotatable bonds is 7. The predicted octanol–water partition coefficient (Wildman–Crippen LogP) is 2.91. The summed E-state index contributed by atoms with van der Waals surface area (Å²) in [5.74, 6) is 0.561. The van der Waals surface area contributed by atoms with E-state index >= 15 is 0 Å². The van der Waals surface area contributed by atoms with Crippen LogP contribution in [-0.4, -0.2) is 40.4 Å². The molecule has 0 aliphatic carbocycles. The lowest BCUT2D eigenvalue weighted by atomic mass is 10.2. The zero-order valence-electron chi connectivity index (χ0n) is 12.1. The molecule has 0 aromatic carbocycles. The third-order valence-corrected chi connectivity index (χ3v) is 4.79. The van der Waals surface area contributed by atoms with Gasteiger partial charge >= 0.3 is 0 Å². The van der Waals surface area contributed by atoms with Crippen LogP contribution in [0.4, 0.5) is 10.8 Å². The molecule has 5 nitrogen and oxygen atoms in total. The first kappa shape index (κ1) is 15.2. The maximum atomic E-state index is 5.98. The van der Waals surface area contributed by atoms with Crippen LogP contribution in [0, 0.1) is 6.92 Å². The number of nitrogens with two attached hydrogens (primary N) is 1. The van der Waals surface area contributed by atoms with Crippen LogP contribution < -0.4 is 11.1 Å². The van der Waals surface area contributed by atoms with Gasteiger partial charge in [-0.2, -0.15) is 4.37 Å². The Labute approximate surface area is 128 Å². The second-order valence-corrected chi connectivity index (χ2v) is 6.31. The number of nitrogens with zero attached hydrogens (tertiary/aromatic N) is 3. The highest BCUT2D eigenvalue weighted by atomic mass is 32.1. The SMILES string of the molecule is CCN(CC)CCNc1snc(N)c1-c1csc(C)n1. The minimum Gasteiger partial charge on any atom is -0.382 e. The van der Waals surface area contributed by atoms with E-state index in [1.807, 2.05) is 12.3 Å². The molecule has 0 aliphatic rings. The molecule has 0 radical (unpaired) electrons. The van der Waals surface area contributed by atoms with Crippen molar-refractivity contribution in [3.63, 3.8) is 0 Å². The first-order chi connectivity index (χ1) is 9.65. The largest absolute Gasteiger partial charge is 0.382 e. The molecule has 20 heavy (non-hydrogen) atoms. The van der Waals surface area contributed by atoms with E-state index in [0.29, 0.717) is 5.82 Å². The van der Waals surface area contributed by atoms with Crippen LogP contribution in [0.3, 0.4) is 0 Å². The minimum atomic E-state index is 0.561. The summed E-state index contributed by atoms with van der Waals surface area (Å²) in [6, 6.07) is 0. The van der Waals surface area contributed by atoms with Gasteiger partial charge in [0.1, 0.15) is 10.8 Å². The van der Waals surface area contributed by atoms with Crippen LogP contribution in [0.15, 0.2) is 5.38 Å². The molecule has 0 fully saturated rings. The molecule has 0 atom stereocenters. The fourth-order valence-corrected chi connectivity index (χ4v) is 3.37. The van der Waals surface area contributed by atoms with E-state index in [0.717, 1.165) is 47.4 Å². The van der Waals surface area contributed by atoms with Gasteiger partial charge in [-0.3, -0.25) is 0 Å². The lowest BCUT2D eigenvalue weighted by Crippen LogP contribution is -2.28. The summed E-state index contributed by atoms with van der Waals surface area (Å²) in [5, 5.41) is 7.53. The van der Waals surface area contributed by atoms with Crippen molar-refractivity contribution in [1.29, 1.82) is 0 Å². The van der Waals surface area contributed by atoms with Crippen molar-refractivity contribution in [3.8, 4) is 11.3 Å². The monoisotopic (exact) mass is 311 g/mol. The summed E-state index contributed by atoms with van der Waals surface area (Å²) < 4.78 is 4.25. The third kappa shape index (κ3) is 3.47. The van der Waals surface area contributed by atoms with Gasteiger partial charge in [0.25, 0.3) is 0 Å². The van der Waals surface area contributed by atoms with Crippen LogP contribution >= 0.6 is 22.9 Å². The number of nitrogen functional groups attached to an aromatic ring is 1. The summed E-state index contributed by atoms with van der Waals surface area (Å²) in [5.41, 5.74) is 7.84. The standard InChI is InChI=1S/C13H21N5S2/c1-4-18(5-2)7-6-15-13-11(12(14)17-20-13)10-8-19-9(3)16-10/h8,15H,4-7H2,1-3H3,(H2,14,17). The highest BCUT2D eigenvalue weighted by Gasteiger charge is 2.16. The Morgan fingerprint density at radius 3 is 2.70 bits per heavy atom. The number of hydrogen-bond acceptors (Lipinski definition) is 7. The molecule has 110 valence electrons. The normalized spacial score (nSPS) is 11.2. The molecule has 3 N–H and O–H groups in total. The molecule has 7 heteroatoms. The van der Waals surface area contributed by atoms with Crippen molar-refractivity contribution in [2.45, 2.75) is 20.8 Å². The second kappa shape index (κ2) is 7.01. The number of likely N-dealkylation sites (N-methyl/N-ethyl adjacent to an activating group) is 1. The molecular formula is C13H21N5S2. The van der Waals surface area contributed by atoms with Gasteiger partial charge in [0, 0.05) is 18.5 Å². The van der Waals surface area contributed by atoms with Crippen molar-refractivity contribution >= 4 is 33.7 Å². The number of aromatic nitrogens is 2. The number of hydrogen-bond donors (Lipinski definition) is 2. The molecule has 2 heterocycles. The molecule has 0 spiro atoms. The predicted molar refractivity (Wildman–Crippen MR) is 88.6 cm³/mol. The molecule has 0 saturated heterocycles. The molecule has 2 aromatic heterocycles. The summed E-state index contributed by atoms with van der Waals surface area (Å²) in [4.78, 5) is 6.88. The molecular weight excluding hydrogens is 290 g/mol. The summed E-state index contributed by atoms with van der Waals surface area (Å²) in [6.45, 7) is 10.4. The Hall–Kier alpha value is -1.18. The van der Waals surface area contributed by atoms with E-state index in [2.05, 4.69) is 33.4 Å². The Morgan fingerprint density at radius 1 is 1.35 bits per heavy atom. The molecule has 0 unspecified atom stereocenters. The highest BCUT2D eigenvalue weighted by molar-refractivity contribution is 7.11. The summed E-state index contributed by atoms with van der Waals surface area (Å²) in [6.07, 6.45) is 0. The first-order valence-electron chi connectivity index (χ1n) is 6.79. The number of nitrogens with one attached hydrogen (secondary N) is 1. The van der Waals surface area contributed by atoms with Crippen LogP contribution in [0.25, 0.3) is 11.3 Å². The Morgan fingerprint density at radius 2 is 2.10 bits per heavy atom. The van der Waals surface area contributed by atoms with E-state index < -0.39 is 0 Å². The maximum Gasteiger partial charge on any atom is 0.148 e. The lowest BCUT2D eigenvalue weighted by Gasteiger charge is -2.18. The Balaban J connectivity index is 2.06. The van der Waals surface area contributed by atoms with E-state index in [9.17, 15) is 0 Å². The molecule has 0 aliphatic heterocycles. The maximum absolute atomic E-state index is 5.98. The van der Waals surface area contributed by atoms with Crippen LogP contribution in [-0.2, 0) is 0 Å². The molecule has 2 rings (SSSR count). The summed E-state index contributed by atoms with van der Waals surface area (Å²) in [7, 11) is 0. The average molecular weight is 311 g/mol. The quantitative estimate of drug-likeness (QED) is 0.823. The van der Waals surface area contributed by atoms with E-state index in [4.69, 9.17) is 5.73 Å². The van der Waals surface area contributed by atoms with Gasteiger partial charge in [-0.05, 0) is 31.5 Å². The average Bonchev–Trinajstić information content (AvgIpc) is 3.01. The Kier molecular flexibility index (Phi) is 5.33. The summed E-state index contributed by atoms with van der Waals surface area (Å²) >= 11 is 3.04. The smallest absolute Gasteiger partial charge is 0.148 e. The van der Waals surface area contributed by atoms with Crippen molar-refractivity contribution in [2.24, 2.45) is 0 Å². The van der Waals surface area contributed by atoms with E-state index in [-0.39, 0.29) is 0 Å². The minimum absolute atomic E-state index is 0.561. The zero-order chi connectivity index (χ0) is 14.5. The zero-order valence-corrected chi connectivity index (χ0v) is 13.8. The highest BCUT2D eigenvalue weighted by Crippen LogP contribution is 2.36. The van der Waals surface area contributed by atoms with Gasteiger partial charge in [-0.15, -0.1) is 11.3 Å². The van der Waals surface area contributed by atoms with Crippen molar-refractivity contribution in [1.82, 2.24) is 14.3 Å². The molecule has 0 bridgehead atoms. The van der Waals surface area contributed by atoms with E-state index in [1.54, 1.807) is 11.3 Å². The fourth-order valence-electron chi connectivity index (χ4n) is 2.02. The number of thiazole rings is 1. The van der Waals surface area contributed by atoms with Gasteiger partial charge in [-0.25, -0.2) is 4.98 Å². The Bertz CT molecular complexity index is 545.